The van der Waals surface area contributed by atoms with Gasteiger partial charge in [-0.2, -0.15) is 0 Å². The van der Waals surface area contributed by atoms with Gasteiger partial charge >= 0.3 is 5.97 Å². The van der Waals surface area contributed by atoms with Crippen LogP contribution >= 0.6 is 22.6 Å². The zero-order chi connectivity index (χ0) is 11.5. The predicted molar refractivity (Wildman–Crippen MR) is 72.2 cm³/mol. The van der Waals surface area contributed by atoms with Crippen molar-refractivity contribution < 1.29 is 9.53 Å². The highest BCUT2D eigenvalue weighted by atomic mass is 127. The molecule has 0 saturated heterocycles. The van der Waals surface area contributed by atoms with Gasteiger partial charge in [-0.3, -0.25) is 0 Å². The van der Waals surface area contributed by atoms with Crippen LogP contribution in [0.4, 0.5) is 0 Å². The van der Waals surface area contributed by atoms with Gasteiger partial charge in [-0.05, 0) is 6.07 Å². The highest BCUT2D eigenvalue weighted by molar-refractivity contribution is 14.1. The van der Waals surface area contributed by atoms with Crippen LogP contribution in [0.2, 0.25) is 0 Å². The van der Waals surface area contributed by atoms with Gasteiger partial charge in [0.2, 0.25) is 0 Å². The molecule has 2 aromatic rings. The number of nitrogens with zero attached hydrogens (tertiary/aromatic N) is 1. The zero-order valence-corrected chi connectivity index (χ0v) is 11.1. The minimum Gasteiger partial charge on any atom is -0.465 e. The van der Waals surface area contributed by atoms with Crippen molar-refractivity contribution in [3.8, 4) is 0 Å². The first kappa shape index (κ1) is 11.4. The van der Waals surface area contributed by atoms with Crippen LogP contribution in [0, 0.1) is 0 Å². The van der Waals surface area contributed by atoms with Crippen LogP contribution in [0.15, 0.2) is 30.5 Å². The van der Waals surface area contributed by atoms with Crippen LogP contribution in [0.5, 0.6) is 0 Å². The lowest BCUT2D eigenvalue weighted by atomic mass is 10.2. The average molecular weight is 329 g/mol. The molecule has 0 aliphatic carbocycles. The van der Waals surface area contributed by atoms with Gasteiger partial charge in [0, 0.05) is 28.1 Å². The summed E-state index contributed by atoms with van der Waals surface area (Å²) in [5.74, 6) is -0.275. The van der Waals surface area contributed by atoms with Crippen LogP contribution in [0.3, 0.4) is 0 Å². The molecule has 0 bridgehead atoms. The molecule has 4 heteroatoms. The van der Waals surface area contributed by atoms with E-state index < -0.39 is 0 Å². The van der Waals surface area contributed by atoms with E-state index in [1.807, 2.05) is 30.5 Å². The number of aryl methyl sites for hydroxylation is 1. The Morgan fingerprint density at radius 3 is 2.88 bits per heavy atom. The Morgan fingerprint density at radius 1 is 1.44 bits per heavy atom. The Bertz CT molecular complexity index is 519. The molecule has 0 fully saturated rings. The summed E-state index contributed by atoms with van der Waals surface area (Å²) in [5.41, 5.74) is 1.72. The van der Waals surface area contributed by atoms with Gasteiger partial charge in [0.15, 0.2) is 0 Å². The smallest absolute Gasteiger partial charge is 0.340 e. The number of ether oxygens (including phenoxy) is 1. The number of methoxy groups -OCH3 is 1. The van der Waals surface area contributed by atoms with E-state index in [-0.39, 0.29) is 5.97 Å². The maximum Gasteiger partial charge on any atom is 0.340 e. The highest BCUT2D eigenvalue weighted by Gasteiger charge is 2.14. The summed E-state index contributed by atoms with van der Waals surface area (Å²) in [5, 5.41) is 0.958. The summed E-state index contributed by atoms with van der Waals surface area (Å²) in [7, 11) is 1.41. The third kappa shape index (κ3) is 1.93. The molecular formula is C12H12INO2. The Balaban J connectivity index is 2.61. The van der Waals surface area contributed by atoms with Crippen LogP contribution in [0.25, 0.3) is 10.9 Å². The molecule has 0 spiro atoms. The Morgan fingerprint density at radius 2 is 2.19 bits per heavy atom. The van der Waals surface area contributed by atoms with Crippen molar-refractivity contribution in [1.29, 1.82) is 0 Å². The molecule has 0 aliphatic rings. The maximum absolute atomic E-state index is 11.6. The van der Waals surface area contributed by atoms with Crippen LogP contribution in [-0.4, -0.2) is 22.1 Å². The number of aromatic nitrogens is 1. The summed E-state index contributed by atoms with van der Waals surface area (Å²) in [6, 6.07) is 7.88. The van der Waals surface area contributed by atoms with Crippen LogP contribution in [0.1, 0.15) is 10.4 Å². The number of halogens is 1. The SMILES string of the molecule is COC(=O)c1cn(CCI)c2ccccc12. The van der Waals surface area contributed by atoms with E-state index in [0.717, 1.165) is 21.9 Å². The van der Waals surface area contributed by atoms with Crippen molar-refractivity contribution in [2.45, 2.75) is 6.54 Å². The minimum atomic E-state index is -0.275. The summed E-state index contributed by atoms with van der Waals surface area (Å²) in [6.45, 7) is 0.901. The zero-order valence-electron chi connectivity index (χ0n) is 8.94. The molecular weight excluding hydrogens is 317 g/mol. The molecule has 0 amide bonds. The number of carbonyl (C=O) groups excluding carboxylic acids is 1. The molecule has 1 aromatic heterocycles. The second-order valence-electron chi connectivity index (χ2n) is 3.43. The van der Waals surface area contributed by atoms with E-state index in [9.17, 15) is 4.79 Å². The highest BCUT2D eigenvalue weighted by Crippen LogP contribution is 2.22. The lowest BCUT2D eigenvalue weighted by Gasteiger charge is -2.00. The summed E-state index contributed by atoms with van der Waals surface area (Å²) in [6.07, 6.45) is 1.87. The van der Waals surface area contributed by atoms with Gasteiger partial charge in [0.05, 0.1) is 12.7 Å². The number of hydrogen-bond acceptors (Lipinski definition) is 2. The lowest BCUT2D eigenvalue weighted by molar-refractivity contribution is 0.0603. The number of fused-ring (bicyclic) bond motifs is 1. The van der Waals surface area contributed by atoms with Crippen molar-refractivity contribution in [2.75, 3.05) is 11.5 Å². The fourth-order valence-electron chi connectivity index (χ4n) is 1.80. The third-order valence-electron chi connectivity index (χ3n) is 2.52. The quantitative estimate of drug-likeness (QED) is 0.493. The molecule has 0 N–H and O–H groups in total. The monoisotopic (exact) mass is 329 g/mol. The van der Waals surface area contributed by atoms with Crippen molar-refractivity contribution >= 4 is 39.5 Å². The number of alkyl halides is 1. The van der Waals surface area contributed by atoms with Crippen LogP contribution in [-0.2, 0) is 11.3 Å². The lowest BCUT2D eigenvalue weighted by Crippen LogP contribution is -2.00. The van der Waals surface area contributed by atoms with E-state index in [1.165, 1.54) is 7.11 Å². The predicted octanol–water partition coefficient (Wildman–Crippen LogP) is 2.86. The molecule has 84 valence electrons. The first-order chi connectivity index (χ1) is 7.77. The molecule has 1 heterocycles. The fourth-order valence-corrected chi connectivity index (χ4v) is 2.32. The van der Waals surface area contributed by atoms with E-state index >= 15 is 0 Å². The molecule has 2 rings (SSSR count). The van der Waals surface area contributed by atoms with E-state index in [1.54, 1.807) is 0 Å². The number of benzene rings is 1. The van der Waals surface area contributed by atoms with Gasteiger partial charge in [-0.15, -0.1) is 0 Å². The standard InChI is InChI=1S/C12H12INO2/c1-16-12(15)10-8-14(7-6-13)11-5-3-2-4-9(10)11/h2-5,8H,6-7H2,1H3. The minimum absolute atomic E-state index is 0.275. The summed E-state index contributed by atoms with van der Waals surface area (Å²) in [4.78, 5) is 11.6. The fraction of sp³-hybridized carbons (Fsp3) is 0.250. The van der Waals surface area contributed by atoms with Crippen molar-refractivity contribution in [3.63, 3.8) is 0 Å². The second-order valence-corrected chi connectivity index (χ2v) is 4.51. The number of rotatable bonds is 3. The molecule has 0 saturated carbocycles. The topological polar surface area (TPSA) is 31.2 Å². The summed E-state index contributed by atoms with van der Waals surface area (Å²) >= 11 is 2.32. The average Bonchev–Trinajstić information content (AvgIpc) is 2.68. The molecule has 1 aromatic carbocycles. The molecule has 0 radical (unpaired) electrons. The maximum atomic E-state index is 11.6. The molecule has 0 unspecified atom stereocenters. The van der Waals surface area contributed by atoms with Gasteiger partial charge in [-0.25, -0.2) is 4.79 Å². The normalized spacial score (nSPS) is 10.6. The number of esters is 1. The number of hydrogen-bond donors (Lipinski definition) is 0. The molecule has 0 atom stereocenters. The van der Waals surface area contributed by atoms with Crippen molar-refractivity contribution in [2.24, 2.45) is 0 Å². The second kappa shape index (κ2) is 4.86. The van der Waals surface area contributed by atoms with Crippen molar-refractivity contribution in [1.82, 2.24) is 4.57 Å². The Kier molecular flexibility index (Phi) is 3.48. The Hall–Kier alpha value is -1.04. The van der Waals surface area contributed by atoms with Gasteiger partial charge < -0.3 is 9.30 Å². The molecule has 3 nitrogen and oxygen atoms in total. The van der Waals surface area contributed by atoms with Gasteiger partial charge in [-0.1, -0.05) is 40.8 Å². The van der Waals surface area contributed by atoms with E-state index in [0.29, 0.717) is 5.56 Å². The number of para-hydroxylation sites is 1. The van der Waals surface area contributed by atoms with E-state index in [4.69, 9.17) is 4.74 Å². The largest absolute Gasteiger partial charge is 0.465 e. The van der Waals surface area contributed by atoms with Crippen LogP contribution < -0.4 is 0 Å². The molecule has 16 heavy (non-hydrogen) atoms. The first-order valence-electron chi connectivity index (χ1n) is 5.00. The van der Waals surface area contributed by atoms with E-state index in [2.05, 4.69) is 27.2 Å². The summed E-state index contributed by atoms with van der Waals surface area (Å²) < 4.78 is 7.88. The van der Waals surface area contributed by atoms with Gasteiger partial charge in [0.25, 0.3) is 0 Å². The van der Waals surface area contributed by atoms with Gasteiger partial charge in [0.1, 0.15) is 0 Å². The van der Waals surface area contributed by atoms with Crippen molar-refractivity contribution in [3.05, 3.63) is 36.0 Å². The first-order valence-corrected chi connectivity index (χ1v) is 6.52. The molecule has 0 aliphatic heterocycles. The Labute approximate surface area is 108 Å². The number of carbonyl (C=O) groups is 1. The third-order valence-corrected chi connectivity index (χ3v) is 3.00.